The SMILES string of the molecule is CC(=O)N1CC[C@H](Nc2nc(Nc3cnc(N4CCOCC4)c(F)c3)c(C(N)=O)cc2F)[C@H](N)C1. The molecule has 0 spiro atoms. The number of anilines is 4. The van der Waals surface area contributed by atoms with Crippen LogP contribution in [0.1, 0.15) is 23.7 Å². The van der Waals surface area contributed by atoms with Crippen LogP contribution in [0.15, 0.2) is 18.3 Å². The topological polar surface area (TPSA) is 152 Å². The Morgan fingerprint density at radius 3 is 2.51 bits per heavy atom. The van der Waals surface area contributed by atoms with Crippen molar-refractivity contribution in [3.05, 3.63) is 35.5 Å². The number of nitrogens with two attached hydrogens (primary N) is 2. The summed E-state index contributed by atoms with van der Waals surface area (Å²) in [4.78, 5) is 35.3. The zero-order chi connectivity index (χ0) is 25.1. The lowest BCUT2D eigenvalue weighted by molar-refractivity contribution is -0.130. The van der Waals surface area contributed by atoms with Crippen molar-refractivity contribution in [3.63, 3.8) is 0 Å². The second-order valence-electron chi connectivity index (χ2n) is 8.50. The number of likely N-dealkylation sites (tertiary alicyclic amines) is 1. The summed E-state index contributed by atoms with van der Waals surface area (Å²) in [6.45, 7) is 4.25. The summed E-state index contributed by atoms with van der Waals surface area (Å²) in [6, 6.07) is 1.37. The number of ether oxygens (including phenoxy) is 1. The van der Waals surface area contributed by atoms with Gasteiger partial charge >= 0.3 is 0 Å². The summed E-state index contributed by atoms with van der Waals surface area (Å²) >= 11 is 0. The number of piperidine rings is 1. The highest BCUT2D eigenvalue weighted by Crippen LogP contribution is 2.27. The lowest BCUT2D eigenvalue weighted by Gasteiger charge is -2.36. The van der Waals surface area contributed by atoms with Crippen molar-refractivity contribution in [2.45, 2.75) is 25.4 Å². The Kier molecular flexibility index (Phi) is 7.26. The molecule has 0 saturated carbocycles. The van der Waals surface area contributed by atoms with Crippen molar-refractivity contribution in [1.29, 1.82) is 0 Å². The molecule has 0 radical (unpaired) electrons. The van der Waals surface area contributed by atoms with Crippen molar-refractivity contribution in [3.8, 4) is 0 Å². The Bertz CT molecular complexity index is 1110. The van der Waals surface area contributed by atoms with Crippen molar-refractivity contribution in [1.82, 2.24) is 14.9 Å². The van der Waals surface area contributed by atoms with E-state index < -0.39 is 23.6 Å². The maximum absolute atomic E-state index is 14.8. The fourth-order valence-corrected chi connectivity index (χ4v) is 4.14. The molecule has 4 rings (SSSR count). The van der Waals surface area contributed by atoms with Gasteiger partial charge in [0, 0.05) is 51.3 Å². The van der Waals surface area contributed by atoms with Gasteiger partial charge in [-0.3, -0.25) is 9.59 Å². The van der Waals surface area contributed by atoms with Crippen molar-refractivity contribution < 1.29 is 23.1 Å². The first-order chi connectivity index (χ1) is 16.7. The molecule has 11 nitrogen and oxygen atoms in total. The number of amides is 2. The number of primary amides is 1. The summed E-state index contributed by atoms with van der Waals surface area (Å²) in [5, 5.41) is 5.78. The smallest absolute Gasteiger partial charge is 0.252 e. The predicted molar refractivity (Wildman–Crippen MR) is 125 cm³/mol. The minimum absolute atomic E-state index is 0.0588. The average molecular weight is 491 g/mol. The molecule has 35 heavy (non-hydrogen) atoms. The molecular formula is C22H28F2N8O3. The van der Waals surface area contributed by atoms with E-state index in [4.69, 9.17) is 16.2 Å². The second kappa shape index (κ2) is 10.4. The van der Waals surface area contributed by atoms with Gasteiger partial charge in [0.25, 0.3) is 5.91 Å². The van der Waals surface area contributed by atoms with Crippen LogP contribution in [0.2, 0.25) is 0 Å². The molecule has 2 aliphatic rings. The fourth-order valence-electron chi connectivity index (χ4n) is 4.14. The molecule has 13 heteroatoms. The molecule has 188 valence electrons. The minimum Gasteiger partial charge on any atom is -0.378 e. The molecule has 4 heterocycles. The molecule has 0 bridgehead atoms. The van der Waals surface area contributed by atoms with E-state index in [2.05, 4.69) is 20.6 Å². The first-order valence-electron chi connectivity index (χ1n) is 11.3. The maximum atomic E-state index is 14.8. The zero-order valence-electron chi connectivity index (χ0n) is 19.3. The van der Waals surface area contributed by atoms with Crippen molar-refractivity contribution in [2.24, 2.45) is 11.5 Å². The van der Waals surface area contributed by atoms with Gasteiger partial charge in [-0.15, -0.1) is 0 Å². The first kappa shape index (κ1) is 24.5. The lowest BCUT2D eigenvalue weighted by Crippen LogP contribution is -2.55. The number of hydrogen-bond acceptors (Lipinski definition) is 9. The minimum atomic E-state index is -0.907. The molecule has 2 aromatic rings. The molecule has 0 unspecified atom stereocenters. The number of halogens is 2. The van der Waals surface area contributed by atoms with E-state index in [-0.39, 0.29) is 40.7 Å². The van der Waals surface area contributed by atoms with Crippen molar-refractivity contribution in [2.75, 3.05) is 54.9 Å². The van der Waals surface area contributed by atoms with E-state index in [1.807, 2.05) is 0 Å². The van der Waals surface area contributed by atoms with Crippen LogP contribution in [0.5, 0.6) is 0 Å². The molecule has 2 fully saturated rings. The highest BCUT2D eigenvalue weighted by Gasteiger charge is 2.29. The summed E-state index contributed by atoms with van der Waals surface area (Å²) < 4.78 is 34.8. The van der Waals surface area contributed by atoms with E-state index in [9.17, 15) is 18.4 Å². The number of pyridine rings is 2. The highest BCUT2D eigenvalue weighted by atomic mass is 19.1. The Balaban J connectivity index is 1.55. The molecule has 2 aliphatic heterocycles. The van der Waals surface area contributed by atoms with Gasteiger partial charge in [0.1, 0.15) is 5.82 Å². The molecule has 2 atom stereocenters. The number of aromatic nitrogens is 2. The van der Waals surface area contributed by atoms with Crippen LogP contribution in [0.4, 0.5) is 31.9 Å². The summed E-state index contributed by atoms with van der Waals surface area (Å²) in [6.07, 6.45) is 1.88. The Labute approximate surface area is 200 Å². The average Bonchev–Trinajstić information content (AvgIpc) is 2.82. The van der Waals surface area contributed by atoms with Crippen LogP contribution >= 0.6 is 0 Å². The lowest BCUT2D eigenvalue weighted by atomic mass is 10.00. The Morgan fingerprint density at radius 2 is 1.89 bits per heavy atom. The third kappa shape index (κ3) is 5.57. The van der Waals surface area contributed by atoms with E-state index in [1.165, 1.54) is 19.2 Å². The molecule has 2 saturated heterocycles. The number of morpholine rings is 1. The number of rotatable bonds is 6. The quantitative estimate of drug-likeness (QED) is 0.461. The van der Waals surface area contributed by atoms with Crippen LogP contribution in [-0.2, 0) is 9.53 Å². The number of nitrogens with zero attached hydrogens (tertiary/aromatic N) is 4. The van der Waals surface area contributed by atoms with Crippen LogP contribution in [0, 0.1) is 11.6 Å². The summed E-state index contributed by atoms with van der Waals surface area (Å²) in [5.41, 5.74) is 11.6. The van der Waals surface area contributed by atoms with Gasteiger partial charge in [0.15, 0.2) is 23.3 Å². The third-order valence-corrected chi connectivity index (χ3v) is 6.06. The fraction of sp³-hybridized carbons (Fsp3) is 0.455. The normalized spacial score (nSPS) is 20.5. The van der Waals surface area contributed by atoms with Crippen LogP contribution in [-0.4, -0.2) is 78.2 Å². The highest BCUT2D eigenvalue weighted by molar-refractivity contribution is 5.98. The van der Waals surface area contributed by atoms with E-state index in [1.54, 1.807) is 9.80 Å². The molecule has 2 amide bonds. The van der Waals surface area contributed by atoms with Gasteiger partial charge in [0.2, 0.25) is 5.91 Å². The van der Waals surface area contributed by atoms with Crippen LogP contribution < -0.4 is 27.0 Å². The van der Waals surface area contributed by atoms with Gasteiger partial charge in [-0.05, 0) is 12.5 Å². The number of nitrogens with one attached hydrogen (secondary N) is 2. The zero-order valence-corrected chi connectivity index (χ0v) is 19.3. The third-order valence-electron chi connectivity index (χ3n) is 6.06. The largest absolute Gasteiger partial charge is 0.378 e. The summed E-state index contributed by atoms with van der Waals surface area (Å²) in [5.74, 6) is -2.37. The van der Waals surface area contributed by atoms with E-state index >= 15 is 0 Å². The molecule has 0 aliphatic carbocycles. The van der Waals surface area contributed by atoms with Gasteiger partial charge in [-0.1, -0.05) is 0 Å². The van der Waals surface area contributed by atoms with Crippen LogP contribution in [0.3, 0.4) is 0 Å². The van der Waals surface area contributed by atoms with Gasteiger partial charge in [-0.2, -0.15) is 0 Å². The number of carbonyl (C=O) groups excluding carboxylic acids is 2. The first-order valence-corrected chi connectivity index (χ1v) is 11.3. The van der Waals surface area contributed by atoms with Gasteiger partial charge in [0.05, 0.1) is 30.7 Å². The monoisotopic (exact) mass is 490 g/mol. The van der Waals surface area contributed by atoms with Crippen molar-refractivity contribution >= 4 is 35.0 Å². The molecular weight excluding hydrogens is 462 g/mol. The molecule has 0 aromatic carbocycles. The second-order valence-corrected chi connectivity index (χ2v) is 8.50. The van der Waals surface area contributed by atoms with Crippen LogP contribution in [0.25, 0.3) is 0 Å². The number of hydrogen-bond donors (Lipinski definition) is 4. The summed E-state index contributed by atoms with van der Waals surface area (Å²) in [7, 11) is 0. The molecule has 6 N–H and O–H groups in total. The predicted octanol–water partition coefficient (Wildman–Crippen LogP) is 0.794. The maximum Gasteiger partial charge on any atom is 0.252 e. The Morgan fingerprint density at radius 1 is 1.14 bits per heavy atom. The Hall–Kier alpha value is -3.58. The number of carbonyl (C=O) groups is 2. The van der Waals surface area contributed by atoms with E-state index in [0.717, 1.165) is 6.07 Å². The van der Waals surface area contributed by atoms with Gasteiger partial charge in [-0.25, -0.2) is 18.7 Å². The van der Waals surface area contributed by atoms with E-state index in [0.29, 0.717) is 45.8 Å². The molecule has 2 aromatic heterocycles. The standard InChI is InChI=1S/C22H28F2N8O3/c1-12(33)32-3-2-18(17(25)11-32)29-21-15(23)9-14(19(26)34)20(30-21)28-13-8-16(24)22(27-10-13)31-4-6-35-7-5-31/h8-10,17-18H,2-7,11,25H2,1H3,(H2,26,34)(H2,28,29,30)/t17-,18+/m1/s1. The van der Waals surface area contributed by atoms with Gasteiger partial charge < -0.3 is 36.6 Å².